The second-order valence-electron chi connectivity index (χ2n) is 0. The van der Waals surface area contributed by atoms with Gasteiger partial charge in [0.15, 0.2) is 0 Å². The fourth-order valence-corrected chi connectivity index (χ4v) is 0. The molecule has 0 atom stereocenters. The van der Waals surface area contributed by atoms with Crippen LogP contribution in [0.1, 0.15) is 0 Å². The van der Waals surface area contributed by atoms with Gasteiger partial charge in [-0.1, -0.05) is 0 Å². The molecule has 28 valence electrons. The molecule has 0 bridgehead atoms. The van der Waals surface area contributed by atoms with Gasteiger partial charge in [-0.25, -0.2) is 0 Å². The zero-order valence-corrected chi connectivity index (χ0v) is 7.26. The van der Waals surface area contributed by atoms with Gasteiger partial charge in [-0.15, -0.1) is 0 Å². The third-order valence-electron chi connectivity index (χ3n) is 0. The van der Waals surface area contributed by atoms with Crippen LogP contribution in [0.15, 0.2) is 0 Å². The molecule has 0 aliphatic rings. The number of hydrogen-bond donors (Lipinski definition) is 0. The smallest absolute Gasteiger partial charge is 0 e. The predicted molar refractivity (Wildman–Crippen MR) is 7.23 cm³/mol. The minimum atomic E-state index is 0. The molecule has 0 aromatic heterocycles. The van der Waals surface area contributed by atoms with Crippen LogP contribution < -0.4 is 0 Å². The minimum Gasteiger partial charge on any atom is -0.412 e. The molecular weight excluding hydrogens is 329 g/mol. The molecule has 0 spiro atoms. The fourth-order valence-electron chi connectivity index (χ4n) is 0. The average molecular weight is 333 g/mol. The summed E-state index contributed by atoms with van der Waals surface area (Å²) in [6.07, 6.45) is 0. The van der Waals surface area contributed by atoms with E-state index >= 15 is 0 Å². The van der Waals surface area contributed by atoms with Crippen molar-refractivity contribution < 1.29 is 92.6 Å². The third kappa shape index (κ3) is 8.82. The number of hydrogen-bond acceptors (Lipinski definition) is 0. The first kappa shape index (κ1) is 30.4. The maximum atomic E-state index is 0. The van der Waals surface area contributed by atoms with E-state index in [0.717, 1.165) is 0 Å². The van der Waals surface area contributed by atoms with Crippen molar-refractivity contribution in [3.8, 4) is 0 Å². The van der Waals surface area contributed by atoms with Crippen molar-refractivity contribution in [1.29, 1.82) is 0 Å². The molecule has 0 aromatic rings. The molecule has 0 radical (unpaired) electrons. The zero-order valence-electron chi connectivity index (χ0n) is 1.85. The van der Waals surface area contributed by atoms with Crippen molar-refractivity contribution in [2.45, 2.75) is 0 Å². The normalized spacial score (nSPS) is 0. The van der Waals surface area contributed by atoms with E-state index in [0.29, 0.717) is 0 Å². The first-order valence-corrected chi connectivity index (χ1v) is 0. The van der Waals surface area contributed by atoms with Crippen molar-refractivity contribution in [2.24, 2.45) is 0 Å². The summed E-state index contributed by atoms with van der Waals surface area (Å²) < 4.78 is 0. The quantitative estimate of drug-likeness (QED) is 0.510. The Kier molecular flexibility index (Phi) is 133. The van der Waals surface area contributed by atoms with Gasteiger partial charge in [-0.3, -0.25) is 0 Å². The zero-order chi connectivity index (χ0) is 0. The molecule has 4 N–H and O–H groups in total. The van der Waals surface area contributed by atoms with Gasteiger partial charge in [0.05, 0.1) is 0 Å². The van der Waals surface area contributed by atoms with Crippen LogP contribution in [0, 0.1) is 81.7 Å². The molecule has 0 aliphatic heterocycles. The SMILES string of the molecule is O.O.[Ce].[Gd]. The molecule has 0 heterocycles. The summed E-state index contributed by atoms with van der Waals surface area (Å²) in [6.45, 7) is 0. The molecule has 2 nitrogen and oxygen atoms in total. The summed E-state index contributed by atoms with van der Waals surface area (Å²) in [5.41, 5.74) is 0. The summed E-state index contributed by atoms with van der Waals surface area (Å²) in [7, 11) is 0. The molecule has 0 unspecified atom stereocenters. The summed E-state index contributed by atoms with van der Waals surface area (Å²) in [5, 5.41) is 0. The van der Waals surface area contributed by atoms with Gasteiger partial charge in [0.25, 0.3) is 0 Å². The van der Waals surface area contributed by atoms with Crippen LogP contribution in [0.4, 0.5) is 0 Å². The van der Waals surface area contributed by atoms with Gasteiger partial charge >= 0.3 is 0 Å². The van der Waals surface area contributed by atoms with Gasteiger partial charge in [0, 0.05) is 81.7 Å². The maximum absolute atomic E-state index is 0. The van der Waals surface area contributed by atoms with Gasteiger partial charge in [0.2, 0.25) is 0 Å². The van der Waals surface area contributed by atoms with E-state index in [-0.39, 0.29) is 92.6 Å². The van der Waals surface area contributed by atoms with E-state index in [4.69, 9.17) is 0 Å². The molecule has 0 saturated heterocycles. The van der Waals surface area contributed by atoms with Crippen LogP contribution in [0.3, 0.4) is 0 Å². The van der Waals surface area contributed by atoms with Crippen molar-refractivity contribution in [1.82, 2.24) is 0 Å². The predicted octanol–water partition coefficient (Wildman–Crippen LogP) is -1.65. The first-order valence-electron chi connectivity index (χ1n) is 0. The molecule has 0 saturated carbocycles. The van der Waals surface area contributed by atoms with Gasteiger partial charge in [0.1, 0.15) is 0 Å². The second-order valence-corrected chi connectivity index (χ2v) is 0. The summed E-state index contributed by atoms with van der Waals surface area (Å²) in [5.74, 6) is 0. The molecule has 0 amide bonds. The van der Waals surface area contributed by atoms with Crippen LogP contribution in [0.25, 0.3) is 0 Å². The molecule has 0 aliphatic carbocycles. The van der Waals surface area contributed by atoms with E-state index in [1.165, 1.54) is 0 Å². The van der Waals surface area contributed by atoms with Crippen molar-refractivity contribution >= 4 is 0 Å². The van der Waals surface area contributed by atoms with Crippen molar-refractivity contribution in [2.75, 3.05) is 0 Å². The van der Waals surface area contributed by atoms with Crippen LogP contribution in [-0.2, 0) is 0 Å². The standard InChI is InChI=1S/Ce.Gd.2H2O/h;;2*1H2. The van der Waals surface area contributed by atoms with E-state index in [1.807, 2.05) is 0 Å². The molecule has 0 fully saturated rings. The Morgan fingerprint density at radius 3 is 0.750 bits per heavy atom. The maximum Gasteiger partial charge on any atom is 0 e. The van der Waals surface area contributed by atoms with Crippen LogP contribution in [-0.4, -0.2) is 11.0 Å². The Balaban J connectivity index is 0. The Morgan fingerprint density at radius 1 is 0.750 bits per heavy atom. The van der Waals surface area contributed by atoms with Gasteiger partial charge in [-0.05, 0) is 0 Å². The Morgan fingerprint density at radius 2 is 0.750 bits per heavy atom. The van der Waals surface area contributed by atoms with E-state index in [9.17, 15) is 0 Å². The average Bonchev–Trinajstić information content (AvgIpc) is 0. The monoisotopic (exact) mass is 334 g/mol. The van der Waals surface area contributed by atoms with Crippen molar-refractivity contribution in [3.05, 3.63) is 0 Å². The first-order chi connectivity index (χ1) is 0. The number of rotatable bonds is 0. The van der Waals surface area contributed by atoms with Crippen LogP contribution in [0.2, 0.25) is 0 Å². The van der Waals surface area contributed by atoms with Crippen LogP contribution in [0.5, 0.6) is 0 Å². The molecule has 4 heavy (non-hydrogen) atoms. The van der Waals surface area contributed by atoms with E-state index in [2.05, 4.69) is 0 Å². The molecular formula is H4CeGdO2. The van der Waals surface area contributed by atoms with Gasteiger partial charge in [-0.2, -0.15) is 0 Å². The Hall–Kier alpha value is 2.62. The molecule has 4 heteroatoms. The Bertz CT molecular complexity index is 6.00. The van der Waals surface area contributed by atoms with E-state index < -0.39 is 0 Å². The Labute approximate surface area is 90.4 Å². The topological polar surface area (TPSA) is 63.0 Å². The summed E-state index contributed by atoms with van der Waals surface area (Å²) in [6, 6.07) is 0. The van der Waals surface area contributed by atoms with Crippen molar-refractivity contribution in [3.63, 3.8) is 0 Å². The largest absolute Gasteiger partial charge is 0.412 e. The summed E-state index contributed by atoms with van der Waals surface area (Å²) >= 11 is 0. The van der Waals surface area contributed by atoms with Gasteiger partial charge < -0.3 is 11.0 Å². The van der Waals surface area contributed by atoms with Crippen LogP contribution >= 0.6 is 0 Å². The minimum absolute atomic E-state index is 0. The summed E-state index contributed by atoms with van der Waals surface area (Å²) in [4.78, 5) is 0. The molecule has 0 aromatic carbocycles. The second kappa shape index (κ2) is 17.5. The molecule has 0 rings (SSSR count). The third-order valence-corrected chi connectivity index (χ3v) is 0. The van der Waals surface area contributed by atoms with E-state index in [1.54, 1.807) is 0 Å². The fraction of sp³-hybridized carbons (Fsp3) is 0.